The fourth-order valence-electron chi connectivity index (χ4n) is 4.59. The second kappa shape index (κ2) is 6.50. The number of alkyl halides is 2. The van der Waals surface area contributed by atoms with Crippen molar-refractivity contribution in [3.63, 3.8) is 0 Å². The molecule has 2 saturated carbocycles. The summed E-state index contributed by atoms with van der Waals surface area (Å²) in [5.74, 6) is -0.403. The van der Waals surface area contributed by atoms with Gasteiger partial charge in [0.25, 0.3) is 0 Å². The molecule has 1 aliphatic heterocycles. The van der Waals surface area contributed by atoms with Gasteiger partial charge in [-0.25, -0.2) is 0 Å². The molecule has 7 heteroatoms. The number of amides is 3. The number of hydrogen-bond donors (Lipinski definition) is 1. The predicted octanol–water partition coefficient (Wildman–Crippen LogP) is 2.79. The molecule has 3 amide bonds. The smallest absolute Gasteiger partial charge is 0.233 e. The molecule has 6 atom stereocenters. The fourth-order valence-corrected chi connectivity index (χ4v) is 6.46. The summed E-state index contributed by atoms with van der Waals surface area (Å²) in [5, 5.41) is 2.79. The summed E-state index contributed by atoms with van der Waals surface area (Å²) in [6.45, 7) is 0.155. The van der Waals surface area contributed by atoms with Crippen LogP contribution in [0.15, 0.2) is 30.3 Å². The Morgan fingerprint density at radius 1 is 1.04 bits per heavy atom. The first kappa shape index (κ1) is 17.2. The number of rotatable bonds is 4. The zero-order valence-corrected chi connectivity index (χ0v) is 16.6. The Balaban J connectivity index is 1.40. The second-order valence-corrected chi connectivity index (χ2v) is 9.11. The molecule has 1 saturated heterocycles. The molecular weight excluding hydrogens is 452 g/mol. The summed E-state index contributed by atoms with van der Waals surface area (Å²) >= 11 is 7.34. The van der Waals surface area contributed by atoms with Gasteiger partial charge in [-0.15, -0.1) is 0 Å². The van der Waals surface area contributed by atoms with Gasteiger partial charge in [0.2, 0.25) is 17.7 Å². The van der Waals surface area contributed by atoms with Crippen LogP contribution >= 0.6 is 31.9 Å². The van der Waals surface area contributed by atoms with Crippen LogP contribution in [0.4, 0.5) is 5.69 Å². The third kappa shape index (κ3) is 2.76. The highest BCUT2D eigenvalue weighted by Gasteiger charge is 2.66. The van der Waals surface area contributed by atoms with E-state index in [2.05, 4.69) is 37.2 Å². The van der Waals surface area contributed by atoms with Crippen LogP contribution < -0.4 is 5.32 Å². The van der Waals surface area contributed by atoms with Crippen LogP contribution in [0.25, 0.3) is 0 Å². The zero-order chi connectivity index (χ0) is 17.7. The molecule has 4 rings (SSSR count). The maximum Gasteiger partial charge on any atom is 0.233 e. The standard InChI is InChI=1S/C18H18Br2N2O3/c19-15-10-8-11(16(15)20)14-13(10)17(24)22(18(14)25)7-6-12(23)21-9-4-2-1-3-5-9/h1-5,10-11,13-16H,6-8H2,(H,21,23)/t10-,11-,13-,14+,15-,16+/m0/s1. The van der Waals surface area contributed by atoms with Gasteiger partial charge in [-0.2, -0.15) is 0 Å². The number of carbonyl (C=O) groups excluding carboxylic acids is 3. The minimum absolute atomic E-state index is 0.0983. The lowest BCUT2D eigenvalue weighted by Crippen LogP contribution is -2.37. The molecule has 132 valence electrons. The Labute approximate surface area is 162 Å². The van der Waals surface area contributed by atoms with Crippen molar-refractivity contribution >= 4 is 55.3 Å². The zero-order valence-electron chi connectivity index (χ0n) is 13.4. The van der Waals surface area contributed by atoms with Gasteiger partial charge in [-0.3, -0.25) is 19.3 Å². The van der Waals surface area contributed by atoms with Crippen LogP contribution in [0.5, 0.6) is 0 Å². The third-order valence-corrected chi connectivity index (χ3v) is 8.91. The molecule has 3 aliphatic rings. The van der Waals surface area contributed by atoms with Crippen molar-refractivity contribution in [3.05, 3.63) is 30.3 Å². The Hall–Kier alpha value is -1.21. The van der Waals surface area contributed by atoms with Crippen molar-refractivity contribution in [1.29, 1.82) is 0 Å². The van der Waals surface area contributed by atoms with Crippen molar-refractivity contribution in [2.45, 2.75) is 22.5 Å². The Morgan fingerprint density at radius 3 is 2.16 bits per heavy atom. The number of likely N-dealkylation sites (tertiary alicyclic amines) is 1. The number of fused-ring (bicyclic) bond motifs is 5. The molecule has 25 heavy (non-hydrogen) atoms. The van der Waals surface area contributed by atoms with E-state index in [1.165, 1.54) is 4.90 Å². The van der Waals surface area contributed by atoms with Gasteiger partial charge in [0.15, 0.2) is 0 Å². The number of imide groups is 1. The van der Waals surface area contributed by atoms with E-state index in [-0.39, 0.29) is 64.0 Å². The number of benzene rings is 1. The van der Waals surface area contributed by atoms with E-state index >= 15 is 0 Å². The minimum atomic E-state index is -0.215. The number of para-hydroxylation sites is 1. The highest BCUT2D eigenvalue weighted by atomic mass is 79.9. The van der Waals surface area contributed by atoms with Crippen LogP contribution in [0.1, 0.15) is 12.8 Å². The quantitative estimate of drug-likeness (QED) is 0.544. The Kier molecular flexibility index (Phi) is 4.48. The lowest BCUT2D eigenvalue weighted by molar-refractivity contribution is -0.140. The van der Waals surface area contributed by atoms with Crippen LogP contribution in [0.2, 0.25) is 0 Å². The normalized spacial score (nSPS) is 36.0. The lowest BCUT2D eigenvalue weighted by Gasteiger charge is -2.28. The average molecular weight is 470 g/mol. The van der Waals surface area contributed by atoms with E-state index < -0.39 is 0 Å². The number of nitrogens with one attached hydrogen (secondary N) is 1. The van der Waals surface area contributed by atoms with E-state index in [4.69, 9.17) is 0 Å². The van der Waals surface area contributed by atoms with Crippen LogP contribution in [0.3, 0.4) is 0 Å². The Bertz CT molecular complexity index is 694. The first-order chi connectivity index (χ1) is 12.0. The minimum Gasteiger partial charge on any atom is -0.326 e. The van der Waals surface area contributed by atoms with E-state index in [1.54, 1.807) is 12.1 Å². The molecule has 5 nitrogen and oxygen atoms in total. The lowest BCUT2D eigenvalue weighted by atomic mass is 9.81. The third-order valence-electron chi connectivity index (χ3n) is 5.70. The molecular formula is C18H18Br2N2O3. The summed E-state index contributed by atoms with van der Waals surface area (Å²) in [4.78, 5) is 39.4. The molecule has 1 aromatic carbocycles. The van der Waals surface area contributed by atoms with Gasteiger partial charge in [0.05, 0.1) is 11.8 Å². The summed E-state index contributed by atoms with van der Waals surface area (Å²) < 4.78 is 0. The first-order valence-electron chi connectivity index (χ1n) is 8.47. The molecule has 0 unspecified atom stereocenters. The van der Waals surface area contributed by atoms with Gasteiger partial charge in [0, 0.05) is 28.3 Å². The highest BCUT2D eigenvalue weighted by Crippen LogP contribution is 2.60. The highest BCUT2D eigenvalue weighted by molar-refractivity contribution is 9.12. The van der Waals surface area contributed by atoms with Gasteiger partial charge in [-0.1, -0.05) is 50.1 Å². The first-order valence-corrected chi connectivity index (χ1v) is 10.3. The van der Waals surface area contributed by atoms with Crippen molar-refractivity contribution in [3.8, 4) is 0 Å². The maximum absolute atomic E-state index is 12.7. The topological polar surface area (TPSA) is 66.5 Å². The molecule has 1 aromatic rings. The molecule has 1 N–H and O–H groups in total. The molecule has 3 fully saturated rings. The van der Waals surface area contributed by atoms with Crippen molar-refractivity contribution in [2.75, 3.05) is 11.9 Å². The van der Waals surface area contributed by atoms with E-state index in [1.807, 2.05) is 18.2 Å². The monoisotopic (exact) mass is 468 g/mol. The molecule has 2 bridgehead atoms. The number of halogens is 2. The van der Waals surface area contributed by atoms with E-state index in [9.17, 15) is 14.4 Å². The SMILES string of the molecule is O=C(CCN1C(=O)[C@@H]2[C@@H]3C[C@H]([C@H](Br)[C@@H]3Br)[C@@H]2C1=O)Nc1ccccc1. The molecule has 0 aromatic heterocycles. The number of nitrogens with zero attached hydrogens (tertiary/aromatic N) is 1. The van der Waals surface area contributed by atoms with E-state index in [0.717, 1.165) is 6.42 Å². The summed E-state index contributed by atoms with van der Waals surface area (Å²) in [5.41, 5.74) is 0.714. The van der Waals surface area contributed by atoms with Gasteiger partial charge < -0.3 is 5.32 Å². The van der Waals surface area contributed by atoms with Crippen molar-refractivity contribution in [1.82, 2.24) is 4.90 Å². The molecule has 1 heterocycles. The van der Waals surface area contributed by atoms with Crippen molar-refractivity contribution < 1.29 is 14.4 Å². The van der Waals surface area contributed by atoms with Crippen molar-refractivity contribution in [2.24, 2.45) is 23.7 Å². The summed E-state index contributed by atoms with van der Waals surface area (Å²) in [7, 11) is 0. The number of anilines is 1. The maximum atomic E-state index is 12.7. The second-order valence-electron chi connectivity index (χ2n) is 7.00. The van der Waals surface area contributed by atoms with E-state index in [0.29, 0.717) is 5.69 Å². The number of hydrogen-bond acceptors (Lipinski definition) is 3. The summed E-state index contributed by atoms with van der Waals surface area (Å²) in [6, 6.07) is 9.16. The predicted molar refractivity (Wildman–Crippen MR) is 100 cm³/mol. The van der Waals surface area contributed by atoms with Crippen LogP contribution in [-0.4, -0.2) is 38.8 Å². The summed E-state index contributed by atoms with van der Waals surface area (Å²) in [6.07, 6.45) is 1.04. The molecule has 2 aliphatic carbocycles. The molecule has 0 spiro atoms. The number of carbonyl (C=O) groups is 3. The fraction of sp³-hybridized carbons (Fsp3) is 0.500. The van der Waals surface area contributed by atoms with Gasteiger partial charge >= 0.3 is 0 Å². The average Bonchev–Trinajstić information content (AvgIpc) is 3.20. The van der Waals surface area contributed by atoms with Gasteiger partial charge in [-0.05, 0) is 30.4 Å². The van der Waals surface area contributed by atoms with Gasteiger partial charge in [0.1, 0.15) is 0 Å². The largest absolute Gasteiger partial charge is 0.326 e. The molecule has 0 radical (unpaired) electrons. The Morgan fingerprint density at radius 2 is 1.60 bits per heavy atom. The van der Waals surface area contributed by atoms with Crippen LogP contribution in [-0.2, 0) is 14.4 Å². The van der Waals surface area contributed by atoms with Crippen LogP contribution in [0, 0.1) is 23.7 Å².